The van der Waals surface area contributed by atoms with Crippen LogP contribution in [0.2, 0.25) is 0 Å². The summed E-state index contributed by atoms with van der Waals surface area (Å²) in [6.45, 7) is 9.01. The zero-order chi connectivity index (χ0) is 11.5. The SMILES string of the molecule is CC(C)C1CCN(CC2CCC(CN)O2)C1. The number of rotatable bonds is 4. The van der Waals surface area contributed by atoms with Crippen molar-refractivity contribution in [2.45, 2.75) is 45.3 Å². The fourth-order valence-corrected chi connectivity index (χ4v) is 2.95. The van der Waals surface area contributed by atoms with Crippen LogP contribution in [0.1, 0.15) is 33.1 Å². The Morgan fingerprint density at radius 2 is 2.00 bits per heavy atom. The van der Waals surface area contributed by atoms with E-state index in [4.69, 9.17) is 10.5 Å². The van der Waals surface area contributed by atoms with Gasteiger partial charge in [-0.15, -0.1) is 0 Å². The molecule has 3 nitrogen and oxygen atoms in total. The van der Waals surface area contributed by atoms with Crippen molar-refractivity contribution in [2.24, 2.45) is 17.6 Å². The van der Waals surface area contributed by atoms with Crippen molar-refractivity contribution < 1.29 is 4.74 Å². The van der Waals surface area contributed by atoms with Gasteiger partial charge in [-0.1, -0.05) is 13.8 Å². The predicted molar refractivity (Wildman–Crippen MR) is 66.3 cm³/mol. The molecule has 2 aliphatic heterocycles. The Balaban J connectivity index is 1.71. The monoisotopic (exact) mass is 226 g/mol. The van der Waals surface area contributed by atoms with E-state index in [1.807, 2.05) is 0 Å². The van der Waals surface area contributed by atoms with E-state index in [2.05, 4.69) is 18.7 Å². The van der Waals surface area contributed by atoms with Crippen LogP contribution in [0, 0.1) is 11.8 Å². The molecule has 0 saturated carbocycles. The van der Waals surface area contributed by atoms with Gasteiger partial charge in [-0.3, -0.25) is 0 Å². The van der Waals surface area contributed by atoms with E-state index in [0.29, 0.717) is 18.8 Å². The normalized spacial score (nSPS) is 36.4. The molecule has 0 radical (unpaired) electrons. The summed E-state index contributed by atoms with van der Waals surface area (Å²) < 4.78 is 5.90. The molecule has 3 atom stereocenters. The molecule has 2 rings (SSSR count). The maximum atomic E-state index is 5.90. The van der Waals surface area contributed by atoms with E-state index in [0.717, 1.165) is 24.8 Å². The summed E-state index contributed by atoms with van der Waals surface area (Å²) in [5.74, 6) is 1.72. The molecular formula is C13H26N2O. The van der Waals surface area contributed by atoms with Gasteiger partial charge in [0.1, 0.15) is 0 Å². The summed E-state index contributed by atoms with van der Waals surface area (Å²) in [7, 11) is 0. The topological polar surface area (TPSA) is 38.5 Å². The highest BCUT2D eigenvalue weighted by molar-refractivity contribution is 4.82. The van der Waals surface area contributed by atoms with Gasteiger partial charge in [0.2, 0.25) is 0 Å². The van der Waals surface area contributed by atoms with E-state index in [1.165, 1.54) is 25.9 Å². The molecule has 3 unspecified atom stereocenters. The van der Waals surface area contributed by atoms with E-state index in [-0.39, 0.29) is 0 Å². The molecule has 0 aromatic rings. The van der Waals surface area contributed by atoms with Crippen molar-refractivity contribution in [3.05, 3.63) is 0 Å². The van der Waals surface area contributed by atoms with Gasteiger partial charge in [0.25, 0.3) is 0 Å². The third-order valence-corrected chi connectivity index (χ3v) is 4.17. The van der Waals surface area contributed by atoms with Crippen molar-refractivity contribution in [3.63, 3.8) is 0 Å². The molecule has 2 fully saturated rings. The molecule has 0 spiro atoms. The summed E-state index contributed by atoms with van der Waals surface area (Å²) >= 11 is 0. The first-order valence-electron chi connectivity index (χ1n) is 6.77. The second kappa shape index (κ2) is 5.48. The lowest BCUT2D eigenvalue weighted by molar-refractivity contribution is 0.0305. The van der Waals surface area contributed by atoms with Gasteiger partial charge in [-0.25, -0.2) is 0 Å². The molecule has 94 valence electrons. The first kappa shape index (κ1) is 12.3. The minimum absolute atomic E-state index is 0.327. The molecule has 0 aromatic carbocycles. The first-order valence-corrected chi connectivity index (χ1v) is 6.77. The van der Waals surface area contributed by atoms with Gasteiger partial charge < -0.3 is 15.4 Å². The van der Waals surface area contributed by atoms with Crippen molar-refractivity contribution >= 4 is 0 Å². The van der Waals surface area contributed by atoms with Crippen LogP contribution >= 0.6 is 0 Å². The molecule has 2 saturated heterocycles. The molecule has 16 heavy (non-hydrogen) atoms. The van der Waals surface area contributed by atoms with Crippen LogP contribution in [0.15, 0.2) is 0 Å². The quantitative estimate of drug-likeness (QED) is 0.789. The van der Waals surface area contributed by atoms with E-state index < -0.39 is 0 Å². The zero-order valence-electron chi connectivity index (χ0n) is 10.7. The van der Waals surface area contributed by atoms with Crippen molar-refractivity contribution in [1.29, 1.82) is 0 Å². The molecule has 0 amide bonds. The van der Waals surface area contributed by atoms with Gasteiger partial charge in [0.05, 0.1) is 12.2 Å². The lowest BCUT2D eigenvalue weighted by atomic mass is 9.95. The van der Waals surface area contributed by atoms with E-state index in [1.54, 1.807) is 0 Å². The number of nitrogens with two attached hydrogens (primary N) is 1. The van der Waals surface area contributed by atoms with Crippen LogP contribution in [-0.2, 0) is 4.74 Å². The first-order chi connectivity index (χ1) is 7.69. The fraction of sp³-hybridized carbons (Fsp3) is 1.00. The minimum atomic E-state index is 0.327. The summed E-state index contributed by atoms with van der Waals surface area (Å²) in [5.41, 5.74) is 5.63. The van der Waals surface area contributed by atoms with Crippen LogP contribution < -0.4 is 5.73 Å². The minimum Gasteiger partial charge on any atom is -0.372 e. The van der Waals surface area contributed by atoms with Crippen molar-refractivity contribution in [3.8, 4) is 0 Å². The summed E-state index contributed by atoms with van der Waals surface area (Å²) in [6.07, 6.45) is 4.49. The second-order valence-corrected chi connectivity index (χ2v) is 5.75. The molecule has 3 heteroatoms. The van der Waals surface area contributed by atoms with Crippen LogP contribution in [0.25, 0.3) is 0 Å². The largest absolute Gasteiger partial charge is 0.372 e. The van der Waals surface area contributed by atoms with Gasteiger partial charge >= 0.3 is 0 Å². The number of likely N-dealkylation sites (tertiary alicyclic amines) is 1. The maximum Gasteiger partial charge on any atom is 0.0707 e. The van der Waals surface area contributed by atoms with Crippen LogP contribution in [-0.4, -0.2) is 43.3 Å². The van der Waals surface area contributed by atoms with Gasteiger partial charge in [0, 0.05) is 19.6 Å². The third-order valence-electron chi connectivity index (χ3n) is 4.17. The number of hydrogen-bond donors (Lipinski definition) is 1. The average molecular weight is 226 g/mol. The Hall–Kier alpha value is -0.120. The molecular weight excluding hydrogens is 200 g/mol. The Morgan fingerprint density at radius 3 is 2.56 bits per heavy atom. The summed E-state index contributed by atoms with van der Waals surface area (Å²) in [5, 5.41) is 0. The maximum absolute atomic E-state index is 5.90. The van der Waals surface area contributed by atoms with Crippen molar-refractivity contribution in [1.82, 2.24) is 4.90 Å². The van der Waals surface area contributed by atoms with Crippen LogP contribution in [0.4, 0.5) is 0 Å². The summed E-state index contributed by atoms with van der Waals surface area (Å²) in [4.78, 5) is 2.58. The highest BCUT2D eigenvalue weighted by Gasteiger charge is 2.30. The molecule has 2 heterocycles. The number of hydrogen-bond acceptors (Lipinski definition) is 3. The van der Waals surface area contributed by atoms with Crippen LogP contribution in [0.5, 0.6) is 0 Å². The molecule has 2 aliphatic rings. The molecule has 0 bridgehead atoms. The van der Waals surface area contributed by atoms with Gasteiger partial charge in [0.15, 0.2) is 0 Å². The third kappa shape index (κ3) is 2.96. The predicted octanol–water partition coefficient (Wildman–Crippen LogP) is 1.47. The highest BCUT2D eigenvalue weighted by Crippen LogP contribution is 2.26. The Labute approximate surface area is 99.3 Å². The average Bonchev–Trinajstić information content (AvgIpc) is 2.87. The van der Waals surface area contributed by atoms with E-state index >= 15 is 0 Å². The van der Waals surface area contributed by atoms with Crippen molar-refractivity contribution in [2.75, 3.05) is 26.2 Å². The molecule has 0 aliphatic carbocycles. The van der Waals surface area contributed by atoms with Crippen LogP contribution in [0.3, 0.4) is 0 Å². The zero-order valence-corrected chi connectivity index (χ0v) is 10.7. The smallest absolute Gasteiger partial charge is 0.0707 e. The fourth-order valence-electron chi connectivity index (χ4n) is 2.95. The molecule has 0 aromatic heterocycles. The Kier molecular flexibility index (Phi) is 4.22. The number of nitrogens with zero attached hydrogens (tertiary/aromatic N) is 1. The Morgan fingerprint density at radius 1 is 1.25 bits per heavy atom. The van der Waals surface area contributed by atoms with E-state index in [9.17, 15) is 0 Å². The number of ether oxygens (including phenoxy) is 1. The van der Waals surface area contributed by atoms with Gasteiger partial charge in [-0.05, 0) is 37.6 Å². The Bertz CT molecular complexity index is 220. The second-order valence-electron chi connectivity index (χ2n) is 5.75. The van der Waals surface area contributed by atoms with Gasteiger partial charge in [-0.2, -0.15) is 0 Å². The lowest BCUT2D eigenvalue weighted by Crippen LogP contribution is -2.32. The highest BCUT2D eigenvalue weighted by atomic mass is 16.5. The summed E-state index contributed by atoms with van der Waals surface area (Å²) in [6, 6.07) is 0. The lowest BCUT2D eigenvalue weighted by Gasteiger charge is -2.21. The molecule has 2 N–H and O–H groups in total. The standard InChI is InChI=1S/C13H26N2O/c1-10(2)11-5-6-15(8-11)9-13-4-3-12(7-14)16-13/h10-13H,3-9,14H2,1-2H3.